The van der Waals surface area contributed by atoms with E-state index in [4.69, 9.17) is 4.74 Å². The van der Waals surface area contributed by atoms with Crippen LogP contribution in [0.1, 0.15) is 11.3 Å². The van der Waals surface area contributed by atoms with E-state index >= 15 is 0 Å². The second-order valence-electron chi connectivity index (χ2n) is 4.40. The molecule has 0 fully saturated rings. The molecule has 0 radical (unpaired) electrons. The highest BCUT2D eigenvalue weighted by Gasteiger charge is 2.18. The summed E-state index contributed by atoms with van der Waals surface area (Å²) in [5, 5.41) is 0. The number of hydrogen-bond acceptors (Lipinski definition) is 3. The predicted octanol–water partition coefficient (Wildman–Crippen LogP) is 1.93. The maximum absolute atomic E-state index is 13.2. The van der Waals surface area contributed by atoms with E-state index in [0.717, 1.165) is 12.1 Å². The first-order valence-electron chi connectivity index (χ1n) is 5.91. The molecule has 3 rings (SSSR count). The van der Waals surface area contributed by atoms with Gasteiger partial charge in [0, 0.05) is 12.0 Å². The first-order valence-corrected chi connectivity index (χ1v) is 5.91. The van der Waals surface area contributed by atoms with Crippen molar-refractivity contribution in [2.75, 3.05) is 6.61 Å². The van der Waals surface area contributed by atoms with Gasteiger partial charge in [0.2, 0.25) is 0 Å². The molecular weight excluding hydrogens is 273 g/mol. The SMILES string of the molecule is O=c1[nH]c(-c2cc(F)c(F)c(F)c2)nc2c1COCC2. The zero-order valence-electron chi connectivity index (χ0n) is 10.2. The molecule has 0 bridgehead atoms. The van der Waals surface area contributed by atoms with E-state index in [1.54, 1.807) is 0 Å². The minimum absolute atomic E-state index is 0.00782. The van der Waals surface area contributed by atoms with Gasteiger partial charge in [-0.05, 0) is 12.1 Å². The Morgan fingerprint density at radius 3 is 2.60 bits per heavy atom. The van der Waals surface area contributed by atoms with Crippen molar-refractivity contribution in [3.05, 3.63) is 51.2 Å². The zero-order chi connectivity index (χ0) is 14.3. The summed E-state index contributed by atoms with van der Waals surface area (Å²) < 4.78 is 44.5. The first-order chi connectivity index (χ1) is 9.56. The Bertz CT molecular complexity index is 720. The second-order valence-corrected chi connectivity index (χ2v) is 4.40. The molecule has 1 aromatic carbocycles. The van der Waals surface area contributed by atoms with Crippen LogP contribution in [-0.2, 0) is 17.8 Å². The molecule has 0 amide bonds. The van der Waals surface area contributed by atoms with Gasteiger partial charge in [0.1, 0.15) is 5.82 Å². The molecule has 1 aromatic heterocycles. The molecule has 7 heteroatoms. The summed E-state index contributed by atoms with van der Waals surface area (Å²) in [5.41, 5.74) is 0.492. The number of benzene rings is 1. The predicted molar refractivity (Wildman–Crippen MR) is 63.5 cm³/mol. The van der Waals surface area contributed by atoms with Gasteiger partial charge in [-0.15, -0.1) is 0 Å². The number of nitrogens with zero attached hydrogens (tertiary/aromatic N) is 1. The minimum Gasteiger partial charge on any atom is -0.376 e. The van der Waals surface area contributed by atoms with Gasteiger partial charge in [0.25, 0.3) is 5.56 Å². The third-order valence-electron chi connectivity index (χ3n) is 3.09. The lowest BCUT2D eigenvalue weighted by molar-refractivity contribution is 0.108. The Kier molecular flexibility index (Phi) is 3.06. The van der Waals surface area contributed by atoms with Crippen LogP contribution in [0.3, 0.4) is 0 Å². The minimum atomic E-state index is -1.55. The number of aromatic nitrogens is 2. The lowest BCUT2D eigenvalue weighted by atomic mass is 10.1. The van der Waals surface area contributed by atoms with Crippen LogP contribution in [0.5, 0.6) is 0 Å². The molecule has 2 heterocycles. The van der Waals surface area contributed by atoms with E-state index in [-0.39, 0.29) is 18.0 Å². The molecule has 0 spiro atoms. The van der Waals surface area contributed by atoms with Gasteiger partial charge >= 0.3 is 0 Å². The number of ether oxygens (including phenoxy) is 1. The van der Waals surface area contributed by atoms with Crippen LogP contribution >= 0.6 is 0 Å². The molecule has 1 aliphatic rings. The van der Waals surface area contributed by atoms with Crippen molar-refractivity contribution in [1.29, 1.82) is 0 Å². The van der Waals surface area contributed by atoms with E-state index in [1.165, 1.54) is 0 Å². The van der Waals surface area contributed by atoms with Crippen molar-refractivity contribution in [1.82, 2.24) is 9.97 Å². The first kappa shape index (κ1) is 12.9. The highest BCUT2D eigenvalue weighted by Crippen LogP contribution is 2.21. The van der Waals surface area contributed by atoms with Crippen LogP contribution in [0.15, 0.2) is 16.9 Å². The molecule has 0 atom stereocenters. The molecule has 1 N–H and O–H groups in total. The van der Waals surface area contributed by atoms with Crippen LogP contribution in [0.2, 0.25) is 0 Å². The van der Waals surface area contributed by atoms with E-state index < -0.39 is 23.0 Å². The van der Waals surface area contributed by atoms with Crippen molar-refractivity contribution in [3.8, 4) is 11.4 Å². The zero-order valence-corrected chi connectivity index (χ0v) is 10.2. The average molecular weight is 282 g/mol. The maximum atomic E-state index is 13.2. The number of hydrogen-bond donors (Lipinski definition) is 1. The second kappa shape index (κ2) is 4.75. The van der Waals surface area contributed by atoms with Gasteiger partial charge in [-0.25, -0.2) is 18.2 Å². The van der Waals surface area contributed by atoms with Gasteiger partial charge in [0.15, 0.2) is 17.5 Å². The fourth-order valence-electron chi connectivity index (χ4n) is 2.07. The number of nitrogens with one attached hydrogen (secondary N) is 1. The molecule has 0 saturated heterocycles. The molecule has 104 valence electrons. The van der Waals surface area contributed by atoms with Crippen LogP contribution in [0.4, 0.5) is 13.2 Å². The Morgan fingerprint density at radius 2 is 1.90 bits per heavy atom. The van der Waals surface area contributed by atoms with E-state index in [0.29, 0.717) is 24.3 Å². The Labute approximate surface area is 111 Å². The van der Waals surface area contributed by atoms with Gasteiger partial charge in [-0.2, -0.15) is 0 Å². The number of aromatic amines is 1. The molecule has 0 saturated carbocycles. The van der Waals surface area contributed by atoms with Crippen molar-refractivity contribution in [3.63, 3.8) is 0 Å². The van der Waals surface area contributed by atoms with Crippen molar-refractivity contribution in [2.45, 2.75) is 13.0 Å². The highest BCUT2D eigenvalue weighted by atomic mass is 19.2. The molecule has 1 aliphatic heterocycles. The molecule has 4 nitrogen and oxygen atoms in total. The van der Waals surface area contributed by atoms with Crippen molar-refractivity contribution >= 4 is 0 Å². The quantitative estimate of drug-likeness (QED) is 0.813. The van der Waals surface area contributed by atoms with Crippen LogP contribution < -0.4 is 5.56 Å². The summed E-state index contributed by atoms with van der Waals surface area (Å²) in [5.74, 6) is -4.21. The lowest BCUT2D eigenvalue weighted by Crippen LogP contribution is -2.24. The summed E-state index contributed by atoms with van der Waals surface area (Å²) in [7, 11) is 0. The van der Waals surface area contributed by atoms with Gasteiger partial charge in [-0.3, -0.25) is 4.79 Å². The highest BCUT2D eigenvalue weighted by molar-refractivity contribution is 5.55. The Balaban J connectivity index is 2.16. The maximum Gasteiger partial charge on any atom is 0.256 e. The number of H-pyrrole nitrogens is 1. The number of halogens is 3. The van der Waals surface area contributed by atoms with Crippen molar-refractivity contribution in [2.24, 2.45) is 0 Å². The monoisotopic (exact) mass is 282 g/mol. The fraction of sp³-hybridized carbons (Fsp3) is 0.231. The molecular formula is C13H9F3N2O2. The van der Waals surface area contributed by atoms with Crippen molar-refractivity contribution < 1.29 is 17.9 Å². The van der Waals surface area contributed by atoms with Gasteiger partial charge in [0.05, 0.1) is 24.5 Å². The van der Waals surface area contributed by atoms with Crippen LogP contribution in [0.25, 0.3) is 11.4 Å². The van der Waals surface area contributed by atoms with Gasteiger partial charge < -0.3 is 9.72 Å². The van der Waals surface area contributed by atoms with Crippen LogP contribution in [0, 0.1) is 17.5 Å². The summed E-state index contributed by atoms with van der Waals surface area (Å²) in [6.45, 7) is 0.582. The summed E-state index contributed by atoms with van der Waals surface area (Å²) in [4.78, 5) is 18.4. The topological polar surface area (TPSA) is 55.0 Å². The van der Waals surface area contributed by atoms with E-state index in [1.807, 2.05) is 0 Å². The van der Waals surface area contributed by atoms with Crippen LogP contribution in [-0.4, -0.2) is 16.6 Å². The Hall–Kier alpha value is -2.15. The van der Waals surface area contributed by atoms with E-state index in [9.17, 15) is 18.0 Å². The molecule has 0 unspecified atom stereocenters. The third-order valence-corrected chi connectivity index (χ3v) is 3.09. The standard InChI is InChI=1S/C13H9F3N2O2/c14-8-3-6(4-9(15)11(8)16)12-17-10-1-2-20-5-7(10)13(19)18-12/h3-4H,1-2,5H2,(H,17,18,19). The average Bonchev–Trinajstić information content (AvgIpc) is 2.44. The lowest BCUT2D eigenvalue weighted by Gasteiger charge is -2.15. The molecule has 2 aromatic rings. The normalized spacial score (nSPS) is 14.2. The summed E-state index contributed by atoms with van der Waals surface area (Å²) in [6.07, 6.45) is 0.443. The molecule has 20 heavy (non-hydrogen) atoms. The molecule has 0 aliphatic carbocycles. The smallest absolute Gasteiger partial charge is 0.256 e. The summed E-state index contributed by atoms with van der Waals surface area (Å²) in [6, 6.07) is 1.59. The fourth-order valence-corrected chi connectivity index (χ4v) is 2.07. The largest absolute Gasteiger partial charge is 0.376 e. The van der Waals surface area contributed by atoms with Gasteiger partial charge in [-0.1, -0.05) is 0 Å². The summed E-state index contributed by atoms with van der Waals surface area (Å²) >= 11 is 0. The third kappa shape index (κ3) is 2.09. The Morgan fingerprint density at radius 1 is 1.20 bits per heavy atom. The van der Waals surface area contributed by atoms with E-state index in [2.05, 4.69) is 9.97 Å². The number of rotatable bonds is 1. The number of fused-ring (bicyclic) bond motifs is 1.